The molecule has 0 aliphatic heterocycles. The van der Waals surface area contributed by atoms with Crippen molar-refractivity contribution < 1.29 is 19.2 Å². The van der Waals surface area contributed by atoms with E-state index < -0.39 is 17.9 Å². The molecule has 2 N–H and O–H groups in total. The van der Waals surface area contributed by atoms with E-state index in [1.54, 1.807) is 12.1 Å². The van der Waals surface area contributed by atoms with Crippen LogP contribution in [0, 0.1) is 5.92 Å². The summed E-state index contributed by atoms with van der Waals surface area (Å²) in [6, 6.07) is 3.98. The van der Waals surface area contributed by atoms with Crippen molar-refractivity contribution in [1.29, 1.82) is 0 Å². The minimum absolute atomic E-state index is 0.0366. The maximum absolute atomic E-state index is 12.1. The average Bonchev–Trinajstić information content (AvgIpc) is 3.05. The summed E-state index contributed by atoms with van der Waals surface area (Å²) >= 11 is 7.14. The number of carbonyl (C=O) groups excluding carboxylic acids is 1. The van der Waals surface area contributed by atoms with Gasteiger partial charge in [0.1, 0.15) is 6.04 Å². The molecule has 1 unspecified atom stereocenters. The quantitative estimate of drug-likeness (QED) is 0.840. The topological polar surface area (TPSA) is 92.4 Å². The number of hydrogen-bond acceptors (Lipinski definition) is 5. The van der Waals surface area contributed by atoms with E-state index in [0.717, 1.165) is 4.88 Å². The first kappa shape index (κ1) is 16.5. The van der Waals surface area contributed by atoms with Gasteiger partial charge in [-0.25, -0.2) is 4.79 Å². The second kappa shape index (κ2) is 6.93. The third-order valence-corrected chi connectivity index (χ3v) is 4.12. The SMILES string of the molecule is CC(C)CC(NC(=O)c1cc(-c2ccc(Cl)s2)on1)C(=O)O. The van der Waals surface area contributed by atoms with Crippen LogP contribution in [0.25, 0.3) is 10.6 Å². The fourth-order valence-corrected chi connectivity index (χ4v) is 2.86. The average molecular weight is 343 g/mol. The third-order valence-electron chi connectivity index (χ3n) is 2.87. The molecule has 6 nitrogen and oxygen atoms in total. The van der Waals surface area contributed by atoms with Crippen LogP contribution in [-0.4, -0.2) is 28.2 Å². The first-order chi connectivity index (χ1) is 10.4. The molecule has 0 bridgehead atoms. The number of aliphatic carboxylic acids is 1. The van der Waals surface area contributed by atoms with Crippen molar-refractivity contribution in [3.05, 3.63) is 28.2 Å². The lowest BCUT2D eigenvalue weighted by Crippen LogP contribution is -2.41. The molecule has 0 aromatic carbocycles. The van der Waals surface area contributed by atoms with Crippen molar-refractivity contribution in [3.8, 4) is 10.6 Å². The molecular weight excluding hydrogens is 328 g/mol. The van der Waals surface area contributed by atoms with Crippen LogP contribution in [0.3, 0.4) is 0 Å². The summed E-state index contributed by atoms with van der Waals surface area (Å²) in [5.74, 6) is -1.10. The lowest BCUT2D eigenvalue weighted by Gasteiger charge is -2.15. The molecule has 1 amide bonds. The lowest BCUT2D eigenvalue weighted by atomic mass is 10.0. The highest BCUT2D eigenvalue weighted by Gasteiger charge is 2.23. The zero-order valence-electron chi connectivity index (χ0n) is 12.0. The Kier molecular flexibility index (Phi) is 5.20. The van der Waals surface area contributed by atoms with Crippen molar-refractivity contribution in [2.24, 2.45) is 5.92 Å². The fourth-order valence-electron chi connectivity index (χ4n) is 1.87. The summed E-state index contributed by atoms with van der Waals surface area (Å²) in [5, 5.41) is 15.3. The van der Waals surface area contributed by atoms with Gasteiger partial charge in [-0.1, -0.05) is 30.6 Å². The van der Waals surface area contributed by atoms with E-state index in [0.29, 0.717) is 16.5 Å². The Balaban J connectivity index is 2.09. The van der Waals surface area contributed by atoms with Gasteiger partial charge in [-0.05, 0) is 24.5 Å². The number of carbonyl (C=O) groups is 2. The number of rotatable bonds is 6. The van der Waals surface area contributed by atoms with E-state index in [4.69, 9.17) is 21.2 Å². The highest BCUT2D eigenvalue weighted by Crippen LogP contribution is 2.31. The van der Waals surface area contributed by atoms with Gasteiger partial charge < -0.3 is 14.9 Å². The predicted octanol–water partition coefficient (Wildman–Crippen LogP) is 3.29. The van der Waals surface area contributed by atoms with Gasteiger partial charge in [-0.3, -0.25) is 4.79 Å². The van der Waals surface area contributed by atoms with Gasteiger partial charge in [0.05, 0.1) is 9.21 Å². The molecule has 2 aromatic heterocycles. The summed E-state index contributed by atoms with van der Waals surface area (Å²) in [6.07, 6.45) is 0.340. The van der Waals surface area contributed by atoms with Gasteiger partial charge in [0.15, 0.2) is 11.5 Å². The first-order valence-electron chi connectivity index (χ1n) is 6.63. The summed E-state index contributed by atoms with van der Waals surface area (Å²) in [4.78, 5) is 24.0. The standard InChI is InChI=1S/C14H15ClN2O4S/c1-7(2)5-9(14(19)20)16-13(18)8-6-10(21-17-8)11-3-4-12(15)22-11/h3-4,6-7,9H,5H2,1-2H3,(H,16,18)(H,19,20). The summed E-state index contributed by atoms with van der Waals surface area (Å²) in [7, 11) is 0. The fraction of sp³-hybridized carbons (Fsp3) is 0.357. The molecule has 2 aromatic rings. The number of carboxylic acid groups (broad SMARTS) is 1. The van der Waals surface area contributed by atoms with Crippen LogP contribution in [0.5, 0.6) is 0 Å². The van der Waals surface area contributed by atoms with Crippen LogP contribution in [0.2, 0.25) is 4.34 Å². The first-order valence-corrected chi connectivity index (χ1v) is 7.82. The van der Waals surface area contributed by atoms with Crippen molar-refractivity contribution in [2.75, 3.05) is 0 Å². The molecule has 0 aliphatic rings. The minimum atomic E-state index is -1.07. The number of nitrogens with zero attached hydrogens (tertiary/aromatic N) is 1. The molecule has 1 atom stereocenters. The number of amides is 1. The van der Waals surface area contributed by atoms with E-state index in [1.807, 2.05) is 13.8 Å². The zero-order valence-corrected chi connectivity index (χ0v) is 13.6. The van der Waals surface area contributed by atoms with Crippen LogP contribution in [0.15, 0.2) is 22.7 Å². The Morgan fingerprint density at radius 3 is 2.73 bits per heavy atom. The minimum Gasteiger partial charge on any atom is -0.480 e. The normalized spacial score (nSPS) is 12.4. The Morgan fingerprint density at radius 2 is 2.18 bits per heavy atom. The number of hydrogen-bond donors (Lipinski definition) is 2. The smallest absolute Gasteiger partial charge is 0.326 e. The molecule has 0 fully saturated rings. The maximum Gasteiger partial charge on any atom is 0.326 e. The van der Waals surface area contributed by atoms with Crippen LogP contribution in [-0.2, 0) is 4.79 Å². The van der Waals surface area contributed by atoms with E-state index in [1.165, 1.54) is 17.4 Å². The Hall–Kier alpha value is -1.86. The number of carboxylic acids is 1. The molecule has 0 saturated heterocycles. The largest absolute Gasteiger partial charge is 0.480 e. The van der Waals surface area contributed by atoms with Crippen LogP contribution < -0.4 is 5.32 Å². The van der Waals surface area contributed by atoms with Crippen LogP contribution in [0.4, 0.5) is 0 Å². The molecule has 22 heavy (non-hydrogen) atoms. The van der Waals surface area contributed by atoms with E-state index >= 15 is 0 Å². The Labute approximate surface area is 136 Å². The monoisotopic (exact) mass is 342 g/mol. The van der Waals surface area contributed by atoms with E-state index in [2.05, 4.69) is 10.5 Å². The number of aromatic nitrogens is 1. The molecule has 0 saturated carbocycles. The van der Waals surface area contributed by atoms with E-state index in [9.17, 15) is 9.59 Å². The highest BCUT2D eigenvalue weighted by molar-refractivity contribution is 7.19. The molecule has 118 valence electrons. The molecule has 0 spiro atoms. The van der Waals surface area contributed by atoms with Gasteiger partial charge in [-0.2, -0.15) is 0 Å². The zero-order chi connectivity index (χ0) is 16.3. The van der Waals surface area contributed by atoms with E-state index in [-0.39, 0.29) is 11.6 Å². The molecule has 0 radical (unpaired) electrons. The molecular formula is C14H15ClN2O4S. The van der Waals surface area contributed by atoms with Gasteiger partial charge in [0, 0.05) is 6.07 Å². The molecule has 0 aliphatic carbocycles. The third kappa shape index (κ3) is 4.08. The van der Waals surface area contributed by atoms with Crippen molar-refractivity contribution in [2.45, 2.75) is 26.3 Å². The summed E-state index contributed by atoms with van der Waals surface area (Å²) in [6.45, 7) is 3.77. The number of nitrogens with one attached hydrogen (secondary N) is 1. The summed E-state index contributed by atoms with van der Waals surface area (Å²) in [5.41, 5.74) is 0.0366. The molecule has 2 heterocycles. The summed E-state index contributed by atoms with van der Waals surface area (Å²) < 4.78 is 5.70. The Morgan fingerprint density at radius 1 is 1.45 bits per heavy atom. The lowest BCUT2D eigenvalue weighted by molar-refractivity contribution is -0.139. The molecule has 2 rings (SSSR count). The number of halogens is 1. The van der Waals surface area contributed by atoms with Gasteiger partial charge in [-0.15, -0.1) is 11.3 Å². The van der Waals surface area contributed by atoms with Gasteiger partial charge in [0.25, 0.3) is 5.91 Å². The maximum atomic E-state index is 12.1. The Bertz CT molecular complexity index is 680. The second-order valence-corrected chi connectivity index (χ2v) is 6.89. The highest BCUT2D eigenvalue weighted by atomic mass is 35.5. The van der Waals surface area contributed by atoms with Crippen molar-refractivity contribution in [1.82, 2.24) is 10.5 Å². The van der Waals surface area contributed by atoms with Crippen molar-refractivity contribution >= 4 is 34.8 Å². The van der Waals surface area contributed by atoms with Gasteiger partial charge in [0.2, 0.25) is 0 Å². The predicted molar refractivity (Wildman–Crippen MR) is 83.2 cm³/mol. The van der Waals surface area contributed by atoms with Crippen LogP contribution >= 0.6 is 22.9 Å². The molecule has 8 heteroatoms. The number of thiophene rings is 1. The van der Waals surface area contributed by atoms with Gasteiger partial charge >= 0.3 is 5.97 Å². The van der Waals surface area contributed by atoms with Crippen LogP contribution in [0.1, 0.15) is 30.8 Å². The van der Waals surface area contributed by atoms with Crippen molar-refractivity contribution in [3.63, 3.8) is 0 Å². The second-order valence-electron chi connectivity index (χ2n) is 5.17.